The first-order chi connectivity index (χ1) is 9.60. The fourth-order valence-electron chi connectivity index (χ4n) is 2.22. The van der Waals surface area contributed by atoms with E-state index in [0.29, 0.717) is 23.9 Å². The molecule has 1 saturated heterocycles. The Balaban J connectivity index is 1.98. The molecule has 1 aliphatic heterocycles. The molecule has 1 aromatic carbocycles. The van der Waals surface area contributed by atoms with E-state index < -0.39 is 4.92 Å². The molecule has 1 aromatic rings. The van der Waals surface area contributed by atoms with E-state index in [9.17, 15) is 10.1 Å². The zero-order valence-corrected chi connectivity index (χ0v) is 12.1. The van der Waals surface area contributed by atoms with Crippen LogP contribution in [0, 0.1) is 10.1 Å². The highest BCUT2D eigenvalue weighted by molar-refractivity contribution is 6.30. The summed E-state index contributed by atoms with van der Waals surface area (Å²) in [7, 11) is 0. The van der Waals surface area contributed by atoms with Gasteiger partial charge in [0.05, 0.1) is 17.6 Å². The van der Waals surface area contributed by atoms with E-state index in [-0.39, 0.29) is 11.8 Å². The van der Waals surface area contributed by atoms with Crippen LogP contribution >= 0.6 is 11.6 Å². The number of morpholine rings is 1. The first-order valence-electron chi connectivity index (χ1n) is 6.62. The SMILES string of the molecule is CCN1CCOC(CNc2ccc(Cl)cc2[N+](=O)[O-])C1. The van der Waals surface area contributed by atoms with Crippen LogP contribution < -0.4 is 5.32 Å². The Labute approximate surface area is 122 Å². The lowest BCUT2D eigenvalue weighted by molar-refractivity contribution is -0.383. The Morgan fingerprint density at radius 3 is 3.10 bits per heavy atom. The Kier molecular flexibility index (Phi) is 5.17. The molecule has 7 heteroatoms. The van der Waals surface area contributed by atoms with Gasteiger partial charge in [-0.3, -0.25) is 15.0 Å². The number of nitrogens with zero attached hydrogens (tertiary/aromatic N) is 2. The summed E-state index contributed by atoms with van der Waals surface area (Å²) in [6.45, 7) is 6.11. The standard InChI is InChI=1S/C13H18ClN3O3/c1-2-16-5-6-20-11(9-16)8-15-12-4-3-10(14)7-13(12)17(18)19/h3-4,7,11,15H,2,5-6,8-9H2,1H3. The Morgan fingerprint density at radius 1 is 1.60 bits per heavy atom. The number of rotatable bonds is 5. The topological polar surface area (TPSA) is 67.6 Å². The number of hydrogen-bond donors (Lipinski definition) is 1. The predicted octanol–water partition coefficient (Wildman–Crippen LogP) is 2.38. The third kappa shape index (κ3) is 3.82. The van der Waals surface area contributed by atoms with E-state index in [1.165, 1.54) is 6.07 Å². The van der Waals surface area contributed by atoms with E-state index in [1.54, 1.807) is 12.1 Å². The smallest absolute Gasteiger partial charge is 0.293 e. The number of nitro groups is 1. The summed E-state index contributed by atoms with van der Waals surface area (Å²) in [5.74, 6) is 0. The highest BCUT2D eigenvalue weighted by Gasteiger charge is 2.20. The number of hydrogen-bond acceptors (Lipinski definition) is 5. The second-order valence-electron chi connectivity index (χ2n) is 4.69. The van der Waals surface area contributed by atoms with Crippen LogP contribution in [0.4, 0.5) is 11.4 Å². The summed E-state index contributed by atoms with van der Waals surface area (Å²) in [5, 5.41) is 14.4. The summed E-state index contributed by atoms with van der Waals surface area (Å²) >= 11 is 5.78. The fraction of sp³-hybridized carbons (Fsp3) is 0.538. The molecular formula is C13H18ClN3O3. The van der Waals surface area contributed by atoms with Gasteiger partial charge >= 0.3 is 0 Å². The molecule has 1 aliphatic rings. The Hall–Kier alpha value is -1.37. The first kappa shape index (κ1) is 15.0. The molecule has 20 heavy (non-hydrogen) atoms. The molecule has 1 fully saturated rings. The van der Waals surface area contributed by atoms with Crippen molar-refractivity contribution < 1.29 is 9.66 Å². The normalized spacial score (nSPS) is 19.8. The van der Waals surface area contributed by atoms with E-state index in [1.807, 2.05) is 0 Å². The van der Waals surface area contributed by atoms with Crippen LogP contribution in [-0.4, -0.2) is 48.7 Å². The summed E-state index contributed by atoms with van der Waals surface area (Å²) in [6.07, 6.45) is 0.0407. The summed E-state index contributed by atoms with van der Waals surface area (Å²) in [5.41, 5.74) is 0.456. The van der Waals surface area contributed by atoms with Crippen molar-refractivity contribution in [1.29, 1.82) is 0 Å². The first-order valence-corrected chi connectivity index (χ1v) is 6.99. The van der Waals surface area contributed by atoms with Gasteiger partial charge in [0.15, 0.2) is 0 Å². The van der Waals surface area contributed by atoms with Gasteiger partial charge in [-0.1, -0.05) is 18.5 Å². The number of ether oxygens (including phenoxy) is 1. The molecule has 1 heterocycles. The molecule has 0 spiro atoms. The molecule has 0 aromatic heterocycles. The molecule has 1 atom stereocenters. The Bertz CT molecular complexity index is 484. The molecule has 2 rings (SSSR count). The largest absolute Gasteiger partial charge is 0.377 e. The average molecular weight is 300 g/mol. The van der Waals surface area contributed by atoms with Crippen molar-refractivity contribution in [3.63, 3.8) is 0 Å². The van der Waals surface area contributed by atoms with Crippen molar-refractivity contribution in [1.82, 2.24) is 4.90 Å². The summed E-state index contributed by atoms with van der Waals surface area (Å²) < 4.78 is 5.66. The highest BCUT2D eigenvalue weighted by atomic mass is 35.5. The van der Waals surface area contributed by atoms with E-state index >= 15 is 0 Å². The lowest BCUT2D eigenvalue weighted by Crippen LogP contribution is -2.45. The van der Waals surface area contributed by atoms with Gasteiger partial charge in [-0.15, -0.1) is 0 Å². The minimum atomic E-state index is -0.436. The Morgan fingerprint density at radius 2 is 2.40 bits per heavy atom. The van der Waals surface area contributed by atoms with E-state index in [2.05, 4.69) is 17.1 Å². The number of benzene rings is 1. The number of nitro benzene ring substituents is 1. The maximum absolute atomic E-state index is 11.0. The number of halogens is 1. The number of anilines is 1. The van der Waals surface area contributed by atoms with Gasteiger partial charge in [0.1, 0.15) is 5.69 Å². The van der Waals surface area contributed by atoms with Gasteiger partial charge < -0.3 is 10.1 Å². The second-order valence-corrected chi connectivity index (χ2v) is 5.12. The van der Waals surface area contributed by atoms with E-state index in [4.69, 9.17) is 16.3 Å². The average Bonchev–Trinajstić information content (AvgIpc) is 2.46. The maximum Gasteiger partial charge on any atom is 0.293 e. The second kappa shape index (κ2) is 6.88. The van der Waals surface area contributed by atoms with Crippen molar-refractivity contribution in [3.8, 4) is 0 Å². The number of nitrogens with one attached hydrogen (secondary N) is 1. The molecule has 0 aliphatic carbocycles. The summed E-state index contributed by atoms with van der Waals surface area (Å²) in [4.78, 5) is 12.9. The van der Waals surface area contributed by atoms with Crippen LogP contribution in [0.1, 0.15) is 6.92 Å². The van der Waals surface area contributed by atoms with Gasteiger partial charge in [0.2, 0.25) is 0 Å². The highest BCUT2D eigenvalue weighted by Crippen LogP contribution is 2.27. The van der Waals surface area contributed by atoms with Crippen LogP contribution in [0.3, 0.4) is 0 Å². The molecule has 1 unspecified atom stereocenters. The van der Waals surface area contributed by atoms with Crippen LogP contribution in [0.15, 0.2) is 18.2 Å². The number of likely N-dealkylation sites (N-methyl/N-ethyl adjacent to an activating group) is 1. The van der Waals surface area contributed by atoms with Crippen molar-refractivity contribution in [2.45, 2.75) is 13.0 Å². The van der Waals surface area contributed by atoms with Crippen molar-refractivity contribution in [2.24, 2.45) is 0 Å². The van der Waals surface area contributed by atoms with Crippen molar-refractivity contribution in [2.75, 3.05) is 38.1 Å². The molecule has 6 nitrogen and oxygen atoms in total. The molecule has 110 valence electrons. The minimum Gasteiger partial charge on any atom is -0.377 e. The van der Waals surface area contributed by atoms with Crippen LogP contribution in [0.5, 0.6) is 0 Å². The molecule has 1 N–H and O–H groups in total. The third-order valence-electron chi connectivity index (χ3n) is 3.35. The predicted molar refractivity (Wildman–Crippen MR) is 78.5 cm³/mol. The van der Waals surface area contributed by atoms with Gasteiger partial charge in [-0.25, -0.2) is 0 Å². The van der Waals surface area contributed by atoms with Gasteiger partial charge in [0.25, 0.3) is 5.69 Å². The van der Waals surface area contributed by atoms with E-state index in [0.717, 1.165) is 19.6 Å². The minimum absolute atomic E-state index is 0.0133. The molecular weight excluding hydrogens is 282 g/mol. The van der Waals surface area contributed by atoms with Crippen molar-refractivity contribution >= 4 is 23.0 Å². The molecule has 0 saturated carbocycles. The van der Waals surface area contributed by atoms with Crippen molar-refractivity contribution in [3.05, 3.63) is 33.3 Å². The molecule has 0 bridgehead atoms. The van der Waals surface area contributed by atoms with Gasteiger partial charge in [-0.2, -0.15) is 0 Å². The monoisotopic (exact) mass is 299 g/mol. The molecule has 0 radical (unpaired) electrons. The third-order valence-corrected chi connectivity index (χ3v) is 3.58. The van der Waals surface area contributed by atoms with Crippen LogP contribution in [0.2, 0.25) is 5.02 Å². The van der Waals surface area contributed by atoms with Crippen LogP contribution in [0.25, 0.3) is 0 Å². The maximum atomic E-state index is 11.0. The quantitative estimate of drug-likeness (QED) is 0.668. The fourth-order valence-corrected chi connectivity index (χ4v) is 2.39. The lowest BCUT2D eigenvalue weighted by atomic mass is 10.2. The van der Waals surface area contributed by atoms with Gasteiger partial charge in [0, 0.05) is 30.7 Å². The van der Waals surface area contributed by atoms with Gasteiger partial charge in [-0.05, 0) is 18.7 Å². The lowest BCUT2D eigenvalue weighted by Gasteiger charge is -2.32. The zero-order valence-electron chi connectivity index (χ0n) is 11.3. The molecule has 0 amide bonds. The van der Waals surface area contributed by atoms with Crippen LogP contribution in [-0.2, 0) is 4.74 Å². The zero-order chi connectivity index (χ0) is 14.5. The summed E-state index contributed by atoms with van der Waals surface area (Å²) in [6, 6.07) is 4.61.